The average Bonchev–Trinajstić information content (AvgIpc) is 1.08. The molecule has 4 aromatic carbocycles. The van der Waals surface area contributed by atoms with E-state index in [9.17, 15) is 20.2 Å². The maximum Gasteiger partial charge on any atom is 0.271 e. The Morgan fingerprint density at radius 1 is 0.571 bits per heavy atom. The van der Waals surface area contributed by atoms with E-state index in [4.69, 9.17) is 33.6 Å². The maximum atomic E-state index is 10.8. The predicted molar refractivity (Wildman–Crippen MR) is 451 cm³/mol. The van der Waals surface area contributed by atoms with Crippen molar-refractivity contribution in [2.24, 2.45) is 21.5 Å². The number of thioether (sulfide) groups is 5. The number of nitrogens with two attached hydrogens (primary N) is 2. The highest BCUT2D eigenvalue weighted by Crippen LogP contribution is 2.40. The van der Waals surface area contributed by atoms with Crippen LogP contribution in [0.5, 0.6) is 0 Å². The molecular weight excluding hydrogens is 1570 g/mol. The van der Waals surface area contributed by atoms with Crippen molar-refractivity contribution in [1.29, 1.82) is 5.41 Å². The van der Waals surface area contributed by atoms with E-state index >= 15 is 0 Å². The average molecular weight is 1670 g/mol. The van der Waals surface area contributed by atoms with E-state index in [-0.39, 0.29) is 77.4 Å². The van der Waals surface area contributed by atoms with Crippen molar-refractivity contribution in [2.45, 2.75) is 27.0 Å². The molecule has 11 rings (SSSR count). The fourth-order valence-electron chi connectivity index (χ4n) is 8.85. The van der Waals surface area contributed by atoms with Gasteiger partial charge in [0.2, 0.25) is 0 Å². The third-order valence-electron chi connectivity index (χ3n) is 13.7. The monoisotopic (exact) mass is 1670 g/mol. The minimum Gasteiger partial charge on any atom is -0.400 e. The largest absolute Gasteiger partial charge is 0.400 e. The van der Waals surface area contributed by atoms with Gasteiger partial charge in [0.15, 0.2) is 0 Å². The van der Waals surface area contributed by atoms with Gasteiger partial charge in [0.1, 0.15) is 16.7 Å². The van der Waals surface area contributed by atoms with Crippen LogP contribution in [0.3, 0.4) is 0 Å². The number of hydrogen-bond acceptors (Lipinski definition) is 24. The molecule has 0 saturated heterocycles. The van der Waals surface area contributed by atoms with Crippen LogP contribution in [0.2, 0.25) is 0 Å². The van der Waals surface area contributed by atoms with Crippen LogP contribution < -0.4 is 31.5 Å². The Bertz CT molecular complexity index is 3350. The first-order valence-corrected chi connectivity index (χ1v) is 38.4. The second kappa shape index (κ2) is 50.2. The Labute approximate surface area is 648 Å². The van der Waals surface area contributed by atoms with Crippen molar-refractivity contribution in [2.75, 3.05) is 191 Å². The smallest absolute Gasteiger partial charge is 0.271 e. The highest BCUT2D eigenvalue weighted by Gasteiger charge is 2.22. The molecule has 0 saturated carbocycles. The van der Waals surface area contributed by atoms with Gasteiger partial charge in [-0.2, -0.15) is 0 Å². The number of nitrogens with one attached hydrogen (secondary N) is 2. The minimum atomic E-state index is -0.374. The molecule has 20 nitrogen and oxygen atoms in total. The van der Waals surface area contributed by atoms with Crippen LogP contribution >= 0.6 is 153 Å². The fourth-order valence-corrected chi connectivity index (χ4v) is 15.6. The molecule has 3 aromatic heterocycles. The first-order chi connectivity index (χ1) is 45.2. The van der Waals surface area contributed by atoms with Crippen LogP contribution in [0, 0.1) is 25.6 Å². The summed E-state index contributed by atoms with van der Waals surface area (Å²) in [4.78, 5) is 53.5. The standard InChI is InChI=1S/2C17H22N4S2.C12H17N3O2S.C8H8N2O2S.C6H7NS2.C4H10ClN.CH4O.CH4.2ClH.HI/c2*1-20(2)7-8-21-9-11-23-15-6-5-13(12-14(15)21)19-17(18)16-4-3-10-22-16;1-13(2)5-6-14-7-8-18-12-4-3-10(15(16)17)9-11(12)14;11-10(12)6-1-2-8-7(5-6)9-3-4-13-8;1-8-6(7)5-3-2-4-9-5;1-6(2)4-3-5;1-2;;;;/h2*3-6,10,12H,7-9,11H2,1-2H3,(H2,18,19);3-4,9H,5-8H2,1-2H3;1-2,5,9H,3-4H2;2-4,7H,1H3;3-4H2,1-2H3;2H,1H3;1H4;3*1H. The summed E-state index contributed by atoms with van der Waals surface area (Å²) in [5.41, 5.74) is 18.8. The molecule has 98 heavy (non-hydrogen) atoms. The lowest BCUT2D eigenvalue weighted by Crippen LogP contribution is -2.35. The number of anilines is 4. The summed E-state index contributed by atoms with van der Waals surface area (Å²) in [6.07, 6.45) is 1.92. The van der Waals surface area contributed by atoms with E-state index in [1.165, 1.54) is 32.9 Å². The topological polar surface area (TPSA) is 242 Å². The number of amidine groups is 2. The van der Waals surface area contributed by atoms with Gasteiger partial charge in [-0.1, -0.05) is 25.6 Å². The number of thiophene rings is 3. The van der Waals surface area contributed by atoms with Crippen molar-refractivity contribution in [3.05, 3.63) is 160 Å². The number of rotatable bonds is 18. The van der Waals surface area contributed by atoms with Gasteiger partial charge in [-0.15, -0.1) is 153 Å². The molecule has 0 radical (unpaired) electrons. The summed E-state index contributed by atoms with van der Waals surface area (Å²) in [6, 6.07) is 34.8. The predicted octanol–water partition coefficient (Wildman–Crippen LogP) is 15.6. The number of halogens is 4. The lowest BCUT2D eigenvalue weighted by Gasteiger charge is -2.32. The molecule has 542 valence electrons. The van der Waals surface area contributed by atoms with Crippen molar-refractivity contribution < 1.29 is 15.0 Å². The SMILES string of the molecule is C.CN(C)CCCl.CN(C)CCN1CCSc2ccc(N=C(N)c3cccs3)cc21.CN(C)CCN1CCSc2ccc(N=C(N)c3cccs3)cc21.CN(C)CCN1CCSc2ccc([N+](=O)[O-])cc21.CO.CSC(=N)c1cccs1.Cl.Cl.I.O=[N+]([O-])c1ccc2c(c1)NCCS2. The zero-order chi connectivity index (χ0) is 68.5. The summed E-state index contributed by atoms with van der Waals surface area (Å²) in [6.45, 7) is 11.0. The van der Waals surface area contributed by atoms with Gasteiger partial charge in [-0.25, -0.2) is 9.98 Å². The van der Waals surface area contributed by atoms with Gasteiger partial charge in [-0.05, 0) is 146 Å². The van der Waals surface area contributed by atoms with E-state index in [2.05, 4.69) is 109 Å². The van der Waals surface area contributed by atoms with Crippen molar-refractivity contribution in [1.82, 2.24) is 19.6 Å². The summed E-state index contributed by atoms with van der Waals surface area (Å²) in [5, 5.41) is 45.5. The Kier molecular flexibility index (Phi) is 47.0. The number of alkyl halides is 1. The molecule has 0 amide bonds. The lowest BCUT2D eigenvalue weighted by molar-refractivity contribution is -0.385. The van der Waals surface area contributed by atoms with Gasteiger partial charge in [-0.3, -0.25) is 25.6 Å². The van der Waals surface area contributed by atoms with Crippen LogP contribution in [0.4, 0.5) is 45.5 Å². The molecule has 32 heteroatoms. The number of aliphatic imine (C=N–C) groups is 2. The number of hydrogen-bond donors (Lipinski definition) is 5. The van der Waals surface area contributed by atoms with E-state index in [0.717, 1.165) is 155 Å². The summed E-state index contributed by atoms with van der Waals surface area (Å²) >= 11 is 19.0. The van der Waals surface area contributed by atoms with Crippen LogP contribution in [0.15, 0.2) is 155 Å². The molecule has 4 aliphatic rings. The molecule has 7 N–H and O–H groups in total. The van der Waals surface area contributed by atoms with Gasteiger partial charge in [0.25, 0.3) is 11.4 Å². The quantitative estimate of drug-likeness (QED) is 0.0134. The summed E-state index contributed by atoms with van der Waals surface area (Å²) in [5.74, 6) is 6.24. The van der Waals surface area contributed by atoms with E-state index < -0.39 is 0 Å². The van der Waals surface area contributed by atoms with Crippen molar-refractivity contribution in [3.8, 4) is 0 Å². The third-order valence-corrected chi connectivity index (χ3v) is 21.5. The molecular formula is C66H97Cl3IN15O5S8. The number of likely N-dealkylation sites (N-methyl/N-ethyl adjacent to an activating group) is 3. The number of benzene rings is 4. The number of non-ortho nitro benzene ring substituents is 2. The zero-order valence-corrected chi connectivity index (χ0v) is 67.7. The van der Waals surface area contributed by atoms with Gasteiger partial charge in [0.05, 0.1) is 58.6 Å². The van der Waals surface area contributed by atoms with Gasteiger partial charge < -0.3 is 56.2 Å². The van der Waals surface area contributed by atoms with Crippen LogP contribution in [0.1, 0.15) is 22.1 Å². The number of nitrogens with zero attached hydrogens (tertiary/aromatic N) is 11. The summed E-state index contributed by atoms with van der Waals surface area (Å²) < 4.78 is 0. The number of nitro groups is 2. The fraction of sp³-hybridized carbons (Fsp3) is 0.409. The normalized spacial score (nSPS) is 13.2. The molecule has 0 aliphatic carbocycles. The van der Waals surface area contributed by atoms with Gasteiger partial charge >= 0.3 is 0 Å². The van der Waals surface area contributed by atoms with Crippen molar-refractivity contribution in [3.63, 3.8) is 0 Å². The first-order valence-electron chi connectivity index (χ1n) is 30.1. The molecule has 0 fully saturated rings. The molecule has 0 spiro atoms. The molecule has 7 aromatic rings. The zero-order valence-electron chi connectivity index (χ0n) is 56.5. The number of aliphatic hydroxyl groups excluding tert-OH is 1. The number of aliphatic hydroxyl groups is 1. The van der Waals surface area contributed by atoms with Crippen LogP contribution in [0.25, 0.3) is 0 Å². The van der Waals surface area contributed by atoms with E-state index in [0.29, 0.717) is 16.7 Å². The molecule has 0 bridgehead atoms. The third kappa shape index (κ3) is 32.0. The van der Waals surface area contributed by atoms with Gasteiger partial charge in [0, 0.05) is 152 Å². The molecule has 0 unspecified atom stereocenters. The lowest BCUT2D eigenvalue weighted by atomic mass is 10.2. The van der Waals surface area contributed by atoms with Crippen LogP contribution in [-0.4, -0.2) is 222 Å². The second-order valence-electron chi connectivity index (χ2n) is 21.8. The minimum absolute atomic E-state index is 0. The Hall–Kier alpha value is -4.26. The number of nitro benzene ring substituents is 2. The number of fused-ring (bicyclic) bond motifs is 4. The Balaban J connectivity index is 0.000000605. The summed E-state index contributed by atoms with van der Waals surface area (Å²) in [7, 11) is 17.5. The van der Waals surface area contributed by atoms with E-state index in [1.807, 2.05) is 121 Å². The highest BCUT2D eigenvalue weighted by molar-refractivity contribution is 14.0. The molecule has 0 atom stereocenters. The Morgan fingerprint density at radius 2 is 0.929 bits per heavy atom. The second-order valence-corrected chi connectivity index (χ2v) is 30.4. The molecule has 4 aliphatic heterocycles. The first kappa shape index (κ1) is 91.8. The molecule has 7 heterocycles. The maximum absolute atomic E-state index is 10.8. The van der Waals surface area contributed by atoms with Crippen LogP contribution in [-0.2, 0) is 0 Å². The highest BCUT2D eigenvalue weighted by atomic mass is 127. The van der Waals surface area contributed by atoms with E-state index in [1.54, 1.807) is 87.9 Å². The van der Waals surface area contributed by atoms with Crippen molar-refractivity contribution >= 4 is 215 Å². The Morgan fingerprint density at radius 3 is 1.28 bits per heavy atom.